The van der Waals surface area contributed by atoms with E-state index in [1.165, 1.54) is 21.7 Å². The highest BCUT2D eigenvalue weighted by Gasteiger charge is 2.25. The van der Waals surface area contributed by atoms with Gasteiger partial charge in [-0.05, 0) is 48.4 Å². The molecular weight excluding hydrogens is 450 g/mol. The monoisotopic (exact) mass is 477 g/mol. The number of aryl methyl sites for hydroxylation is 1. The fraction of sp³-hybridized carbons (Fsp3) is 0.296. The Morgan fingerprint density at radius 2 is 1.70 bits per heavy atom. The minimum Gasteiger partial charge on any atom is -0.368 e. The van der Waals surface area contributed by atoms with E-state index in [9.17, 15) is 4.79 Å². The van der Waals surface area contributed by atoms with Gasteiger partial charge in [0.2, 0.25) is 0 Å². The van der Waals surface area contributed by atoms with Gasteiger partial charge in [0.05, 0.1) is 5.69 Å². The molecule has 1 saturated heterocycles. The molecule has 2 heterocycles. The van der Waals surface area contributed by atoms with Gasteiger partial charge in [0, 0.05) is 66.2 Å². The normalized spacial score (nSPS) is 16.0. The largest absolute Gasteiger partial charge is 0.368 e. The van der Waals surface area contributed by atoms with E-state index in [2.05, 4.69) is 59.2 Å². The molecule has 4 nitrogen and oxygen atoms in total. The quantitative estimate of drug-likeness (QED) is 0.480. The molecule has 1 fully saturated rings. The SMILES string of the molecule is Cc1ccc(Cl)cc1N1CCN(C(=O)c2ccc3c(c2)N(Cc2ccccc2)CCS3)CC1. The van der Waals surface area contributed by atoms with Crippen molar-refractivity contribution in [3.05, 3.63) is 88.4 Å². The highest BCUT2D eigenvalue weighted by Crippen LogP contribution is 2.36. The summed E-state index contributed by atoms with van der Waals surface area (Å²) in [6.07, 6.45) is 0. The minimum absolute atomic E-state index is 0.121. The van der Waals surface area contributed by atoms with E-state index in [1.807, 2.05) is 40.9 Å². The van der Waals surface area contributed by atoms with Gasteiger partial charge in [0.15, 0.2) is 0 Å². The fourth-order valence-corrected chi connectivity index (χ4v) is 5.83. The number of rotatable bonds is 4. The molecule has 5 rings (SSSR count). The van der Waals surface area contributed by atoms with Crippen LogP contribution in [0.5, 0.6) is 0 Å². The average molecular weight is 478 g/mol. The van der Waals surface area contributed by atoms with Crippen molar-refractivity contribution in [3.8, 4) is 0 Å². The summed E-state index contributed by atoms with van der Waals surface area (Å²) >= 11 is 8.09. The van der Waals surface area contributed by atoms with Crippen LogP contribution in [0.4, 0.5) is 11.4 Å². The van der Waals surface area contributed by atoms with Crippen molar-refractivity contribution in [1.82, 2.24) is 4.90 Å². The van der Waals surface area contributed by atoms with Crippen molar-refractivity contribution in [2.24, 2.45) is 0 Å². The van der Waals surface area contributed by atoms with E-state index in [0.29, 0.717) is 13.1 Å². The molecule has 0 aromatic heterocycles. The van der Waals surface area contributed by atoms with Crippen LogP contribution in [0.15, 0.2) is 71.6 Å². The molecule has 0 unspecified atom stereocenters. The number of piperazine rings is 1. The lowest BCUT2D eigenvalue weighted by molar-refractivity contribution is 0.0746. The zero-order valence-electron chi connectivity index (χ0n) is 18.8. The standard InChI is InChI=1S/C27H28ClN3OS/c1-20-7-9-23(28)18-24(20)29-11-13-30(14-12-29)27(32)22-8-10-26-25(17-22)31(15-16-33-26)19-21-5-3-2-4-6-21/h2-10,17-18H,11-16,19H2,1H3. The van der Waals surface area contributed by atoms with Gasteiger partial charge < -0.3 is 14.7 Å². The molecule has 0 radical (unpaired) electrons. The van der Waals surface area contributed by atoms with Crippen molar-refractivity contribution in [2.75, 3.05) is 48.3 Å². The van der Waals surface area contributed by atoms with Crippen molar-refractivity contribution < 1.29 is 4.79 Å². The smallest absolute Gasteiger partial charge is 0.254 e. The van der Waals surface area contributed by atoms with Crippen LogP contribution in [0.3, 0.4) is 0 Å². The predicted molar refractivity (Wildman–Crippen MR) is 139 cm³/mol. The van der Waals surface area contributed by atoms with E-state index in [1.54, 1.807) is 0 Å². The molecule has 170 valence electrons. The lowest BCUT2D eigenvalue weighted by Gasteiger charge is -2.37. The number of carbonyl (C=O) groups excluding carboxylic acids is 1. The molecule has 0 aliphatic carbocycles. The van der Waals surface area contributed by atoms with Crippen LogP contribution in [0.25, 0.3) is 0 Å². The molecule has 3 aromatic rings. The van der Waals surface area contributed by atoms with E-state index in [-0.39, 0.29) is 5.91 Å². The second kappa shape index (κ2) is 9.70. The second-order valence-electron chi connectivity index (χ2n) is 8.65. The number of nitrogens with zero attached hydrogens (tertiary/aromatic N) is 3. The number of amides is 1. The number of hydrogen-bond donors (Lipinski definition) is 0. The zero-order chi connectivity index (χ0) is 22.8. The van der Waals surface area contributed by atoms with E-state index < -0.39 is 0 Å². The minimum atomic E-state index is 0.121. The summed E-state index contributed by atoms with van der Waals surface area (Å²) < 4.78 is 0. The Balaban J connectivity index is 1.30. The molecule has 33 heavy (non-hydrogen) atoms. The van der Waals surface area contributed by atoms with Gasteiger partial charge in [-0.1, -0.05) is 48.0 Å². The van der Waals surface area contributed by atoms with E-state index >= 15 is 0 Å². The molecule has 0 atom stereocenters. The third-order valence-corrected chi connectivity index (χ3v) is 7.74. The van der Waals surface area contributed by atoms with Crippen LogP contribution >= 0.6 is 23.4 Å². The number of carbonyl (C=O) groups is 1. The van der Waals surface area contributed by atoms with Gasteiger partial charge in [-0.2, -0.15) is 0 Å². The van der Waals surface area contributed by atoms with Crippen molar-refractivity contribution in [1.29, 1.82) is 0 Å². The molecular formula is C27H28ClN3OS. The maximum Gasteiger partial charge on any atom is 0.254 e. The number of benzene rings is 3. The molecule has 6 heteroatoms. The van der Waals surface area contributed by atoms with Crippen LogP contribution in [-0.4, -0.2) is 49.3 Å². The second-order valence-corrected chi connectivity index (χ2v) is 10.2. The first kappa shape index (κ1) is 22.2. The van der Waals surface area contributed by atoms with Crippen LogP contribution in [0.2, 0.25) is 5.02 Å². The number of fused-ring (bicyclic) bond motifs is 1. The Labute approximate surface area is 205 Å². The average Bonchev–Trinajstić information content (AvgIpc) is 2.86. The number of thioether (sulfide) groups is 1. The van der Waals surface area contributed by atoms with Gasteiger partial charge in [0.25, 0.3) is 5.91 Å². The number of halogens is 1. The summed E-state index contributed by atoms with van der Waals surface area (Å²) in [5.41, 5.74) is 5.62. The summed E-state index contributed by atoms with van der Waals surface area (Å²) in [6, 6.07) is 22.8. The van der Waals surface area contributed by atoms with Gasteiger partial charge in [-0.15, -0.1) is 11.8 Å². The lowest BCUT2D eigenvalue weighted by Crippen LogP contribution is -2.49. The Kier molecular flexibility index (Phi) is 6.52. The van der Waals surface area contributed by atoms with E-state index in [0.717, 1.165) is 48.2 Å². The molecule has 0 saturated carbocycles. The third-order valence-electron chi connectivity index (χ3n) is 6.46. The summed E-state index contributed by atoms with van der Waals surface area (Å²) in [5.74, 6) is 1.19. The number of hydrogen-bond acceptors (Lipinski definition) is 4. The maximum absolute atomic E-state index is 13.4. The Bertz CT molecular complexity index is 1150. The molecule has 3 aromatic carbocycles. The van der Waals surface area contributed by atoms with E-state index in [4.69, 9.17) is 11.6 Å². The summed E-state index contributed by atoms with van der Waals surface area (Å²) in [7, 11) is 0. The first-order chi connectivity index (χ1) is 16.1. The molecule has 0 spiro atoms. The van der Waals surface area contributed by atoms with Crippen LogP contribution in [0.1, 0.15) is 21.5 Å². The fourth-order valence-electron chi connectivity index (χ4n) is 4.63. The maximum atomic E-state index is 13.4. The van der Waals surface area contributed by atoms with Crippen LogP contribution < -0.4 is 9.80 Å². The topological polar surface area (TPSA) is 26.8 Å². The zero-order valence-corrected chi connectivity index (χ0v) is 20.4. The predicted octanol–water partition coefficient (Wildman–Crippen LogP) is 5.72. The molecule has 0 N–H and O–H groups in total. The highest BCUT2D eigenvalue weighted by atomic mass is 35.5. The molecule has 1 amide bonds. The molecule has 2 aliphatic rings. The Hall–Kier alpha value is -2.63. The summed E-state index contributed by atoms with van der Waals surface area (Å²) in [5, 5.41) is 0.751. The van der Waals surface area contributed by atoms with Gasteiger partial charge in [0.1, 0.15) is 0 Å². The summed E-state index contributed by atoms with van der Waals surface area (Å²) in [4.78, 5) is 21.3. The highest BCUT2D eigenvalue weighted by molar-refractivity contribution is 7.99. The van der Waals surface area contributed by atoms with Crippen LogP contribution in [-0.2, 0) is 6.54 Å². The van der Waals surface area contributed by atoms with Gasteiger partial charge in [-0.25, -0.2) is 0 Å². The van der Waals surface area contributed by atoms with Crippen molar-refractivity contribution in [3.63, 3.8) is 0 Å². The van der Waals surface area contributed by atoms with Gasteiger partial charge >= 0.3 is 0 Å². The van der Waals surface area contributed by atoms with Crippen LogP contribution in [0, 0.1) is 6.92 Å². The van der Waals surface area contributed by atoms with Gasteiger partial charge in [-0.3, -0.25) is 4.79 Å². The molecule has 0 bridgehead atoms. The summed E-state index contributed by atoms with van der Waals surface area (Å²) in [6.45, 7) is 7.01. The number of anilines is 2. The Morgan fingerprint density at radius 3 is 2.48 bits per heavy atom. The first-order valence-electron chi connectivity index (χ1n) is 11.4. The van der Waals surface area contributed by atoms with Crippen molar-refractivity contribution >= 4 is 40.6 Å². The lowest BCUT2D eigenvalue weighted by atomic mass is 10.1. The first-order valence-corrected chi connectivity index (χ1v) is 12.8. The van der Waals surface area contributed by atoms with Crippen molar-refractivity contribution in [2.45, 2.75) is 18.4 Å². The third kappa shape index (κ3) is 4.85. The molecule has 2 aliphatic heterocycles. The Morgan fingerprint density at radius 1 is 0.909 bits per heavy atom.